The molecule has 0 fully saturated rings. The highest BCUT2D eigenvalue weighted by Gasteiger charge is 2.20. The fraction of sp³-hybridized carbons (Fsp3) is 0.500. The summed E-state index contributed by atoms with van der Waals surface area (Å²) in [6.07, 6.45) is 1.70. The second kappa shape index (κ2) is 5.40. The van der Waals surface area contributed by atoms with Crippen molar-refractivity contribution in [1.82, 2.24) is 15.0 Å². The van der Waals surface area contributed by atoms with Crippen LogP contribution >= 0.6 is 11.6 Å². The lowest BCUT2D eigenvalue weighted by atomic mass is 9.96. The van der Waals surface area contributed by atoms with Gasteiger partial charge < -0.3 is 9.73 Å². The van der Waals surface area contributed by atoms with Gasteiger partial charge in [0.2, 0.25) is 5.89 Å². The summed E-state index contributed by atoms with van der Waals surface area (Å²) in [4.78, 5) is 13.0. The third-order valence-corrected chi connectivity index (χ3v) is 2.93. The highest BCUT2D eigenvalue weighted by Crippen LogP contribution is 2.24. The monoisotopic (exact) mass is 294 g/mol. The number of halogens is 1. The number of rotatable bonds is 3. The lowest BCUT2D eigenvalue weighted by Crippen LogP contribution is -2.18. The summed E-state index contributed by atoms with van der Waals surface area (Å²) in [6, 6.07) is 1.60. The largest absolute Gasteiger partial charge is 0.444 e. The topological polar surface area (TPSA) is 63.8 Å². The number of oxazole rings is 1. The number of nitrogens with zero attached hydrogens (tertiary/aromatic N) is 3. The molecule has 0 bridgehead atoms. The molecule has 6 heteroatoms. The Hall–Kier alpha value is -1.62. The van der Waals surface area contributed by atoms with Crippen molar-refractivity contribution in [2.75, 3.05) is 5.32 Å². The number of aryl methyl sites for hydroxylation is 1. The minimum Gasteiger partial charge on any atom is -0.444 e. The van der Waals surface area contributed by atoms with E-state index in [9.17, 15) is 0 Å². The molecule has 0 aromatic carbocycles. The molecule has 0 aliphatic rings. The van der Waals surface area contributed by atoms with Crippen LogP contribution in [0.15, 0.2) is 16.7 Å². The molecule has 0 saturated carbocycles. The fourth-order valence-corrected chi connectivity index (χ4v) is 1.87. The Bertz CT molecular complexity index is 603. The Morgan fingerprint density at radius 3 is 2.55 bits per heavy atom. The van der Waals surface area contributed by atoms with Crippen molar-refractivity contribution >= 4 is 17.4 Å². The Morgan fingerprint density at radius 2 is 2.00 bits per heavy atom. The normalized spacial score (nSPS) is 13.3. The number of hydrogen-bond donors (Lipinski definition) is 1. The highest BCUT2D eigenvalue weighted by atomic mass is 35.5. The van der Waals surface area contributed by atoms with Crippen LogP contribution in [0, 0.1) is 6.92 Å². The number of anilines is 1. The summed E-state index contributed by atoms with van der Waals surface area (Å²) in [5.41, 5.74) is -0.163. The summed E-state index contributed by atoms with van der Waals surface area (Å²) >= 11 is 6.06. The molecule has 2 aromatic rings. The first-order valence-corrected chi connectivity index (χ1v) is 6.87. The summed E-state index contributed by atoms with van der Waals surface area (Å²) in [5.74, 6) is 2.76. The van der Waals surface area contributed by atoms with Crippen molar-refractivity contribution in [1.29, 1.82) is 0 Å². The van der Waals surface area contributed by atoms with Crippen molar-refractivity contribution in [3.05, 3.63) is 34.9 Å². The van der Waals surface area contributed by atoms with E-state index in [-0.39, 0.29) is 11.5 Å². The Kier molecular flexibility index (Phi) is 3.99. The fourth-order valence-electron chi connectivity index (χ4n) is 1.68. The molecule has 2 aromatic heterocycles. The predicted molar refractivity (Wildman–Crippen MR) is 79.0 cm³/mol. The number of hydrogen-bond acceptors (Lipinski definition) is 5. The summed E-state index contributed by atoms with van der Waals surface area (Å²) in [5, 5.41) is 3.65. The average Bonchev–Trinajstić information content (AvgIpc) is 2.74. The van der Waals surface area contributed by atoms with Gasteiger partial charge in [-0.25, -0.2) is 15.0 Å². The van der Waals surface area contributed by atoms with Crippen molar-refractivity contribution in [3.8, 4) is 0 Å². The van der Waals surface area contributed by atoms with Gasteiger partial charge in [-0.2, -0.15) is 0 Å². The molecule has 1 N–H and O–H groups in total. The number of nitrogens with one attached hydrogen (secondary N) is 1. The molecule has 0 spiro atoms. The third kappa shape index (κ3) is 3.48. The molecule has 108 valence electrons. The van der Waals surface area contributed by atoms with E-state index in [2.05, 4.69) is 20.3 Å². The lowest BCUT2D eigenvalue weighted by Gasteiger charge is -2.19. The Balaban J connectivity index is 2.23. The summed E-state index contributed by atoms with van der Waals surface area (Å²) in [6.45, 7) is 9.95. The quantitative estimate of drug-likeness (QED) is 0.870. The van der Waals surface area contributed by atoms with E-state index in [1.54, 1.807) is 12.3 Å². The van der Waals surface area contributed by atoms with Gasteiger partial charge in [-0.15, -0.1) is 0 Å². The van der Waals surface area contributed by atoms with Gasteiger partial charge in [0.05, 0.1) is 6.20 Å². The van der Waals surface area contributed by atoms with Crippen LogP contribution in [0.2, 0.25) is 5.15 Å². The van der Waals surface area contributed by atoms with E-state index in [1.807, 2.05) is 34.6 Å². The molecule has 0 aliphatic carbocycles. The molecule has 0 amide bonds. The van der Waals surface area contributed by atoms with Gasteiger partial charge in [-0.05, 0) is 13.8 Å². The minimum absolute atomic E-state index is 0.0949. The zero-order valence-corrected chi connectivity index (χ0v) is 13.1. The summed E-state index contributed by atoms with van der Waals surface area (Å²) in [7, 11) is 0. The van der Waals surface area contributed by atoms with E-state index < -0.39 is 0 Å². The van der Waals surface area contributed by atoms with E-state index in [4.69, 9.17) is 16.0 Å². The number of aromatic nitrogens is 3. The maximum Gasteiger partial charge on any atom is 0.216 e. The van der Waals surface area contributed by atoms with Crippen LogP contribution in [-0.2, 0) is 5.41 Å². The van der Waals surface area contributed by atoms with Crippen LogP contribution in [0.1, 0.15) is 51.2 Å². The molecule has 20 heavy (non-hydrogen) atoms. The van der Waals surface area contributed by atoms with Gasteiger partial charge in [0.25, 0.3) is 0 Å². The maximum absolute atomic E-state index is 6.06. The van der Waals surface area contributed by atoms with Crippen molar-refractivity contribution < 1.29 is 4.42 Å². The van der Waals surface area contributed by atoms with Crippen LogP contribution in [-0.4, -0.2) is 15.0 Å². The first-order chi connectivity index (χ1) is 9.25. The van der Waals surface area contributed by atoms with E-state index in [1.165, 1.54) is 0 Å². The van der Waals surface area contributed by atoms with Crippen molar-refractivity contribution in [2.45, 2.75) is 46.1 Å². The van der Waals surface area contributed by atoms with E-state index in [0.717, 1.165) is 5.76 Å². The standard InChI is InChI=1S/C14H19ClN4O/c1-8-7-16-12(20-8)9(2)17-11-6-10(15)18-13(19-11)14(3,4)5/h6-7,9H,1-5H3,(H,17,18,19). The summed E-state index contributed by atoms with van der Waals surface area (Å²) < 4.78 is 5.50. The second-order valence-electron chi connectivity index (χ2n) is 5.82. The molecule has 2 rings (SSSR count). The van der Waals surface area contributed by atoms with Crippen LogP contribution in [0.25, 0.3) is 0 Å². The van der Waals surface area contributed by atoms with E-state index in [0.29, 0.717) is 22.7 Å². The van der Waals surface area contributed by atoms with Crippen molar-refractivity contribution in [3.63, 3.8) is 0 Å². The molecular formula is C14H19ClN4O. The van der Waals surface area contributed by atoms with Crippen molar-refractivity contribution in [2.24, 2.45) is 0 Å². The van der Waals surface area contributed by atoms with Gasteiger partial charge in [0.15, 0.2) is 0 Å². The SMILES string of the molecule is Cc1cnc(C(C)Nc2cc(Cl)nc(C(C)(C)C)n2)o1. The molecular weight excluding hydrogens is 276 g/mol. The first kappa shape index (κ1) is 14.8. The van der Waals surface area contributed by atoms with Crippen LogP contribution in [0.5, 0.6) is 0 Å². The van der Waals surface area contributed by atoms with Crippen LogP contribution in [0.3, 0.4) is 0 Å². The highest BCUT2D eigenvalue weighted by molar-refractivity contribution is 6.29. The van der Waals surface area contributed by atoms with Gasteiger partial charge in [0.1, 0.15) is 28.6 Å². The van der Waals surface area contributed by atoms with Crippen LogP contribution < -0.4 is 5.32 Å². The Labute approximate surface area is 123 Å². The first-order valence-electron chi connectivity index (χ1n) is 6.49. The van der Waals surface area contributed by atoms with Gasteiger partial charge >= 0.3 is 0 Å². The van der Waals surface area contributed by atoms with Gasteiger partial charge in [0, 0.05) is 11.5 Å². The van der Waals surface area contributed by atoms with Gasteiger partial charge in [-0.1, -0.05) is 32.4 Å². The minimum atomic E-state index is -0.163. The third-order valence-electron chi connectivity index (χ3n) is 2.74. The maximum atomic E-state index is 6.06. The molecule has 2 heterocycles. The van der Waals surface area contributed by atoms with Gasteiger partial charge in [-0.3, -0.25) is 0 Å². The lowest BCUT2D eigenvalue weighted by molar-refractivity contribution is 0.453. The second-order valence-corrected chi connectivity index (χ2v) is 6.21. The van der Waals surface area contributed by atoms with E-state index >= 15 is 0 Å². The average molecular weight is 295 g/mol. The Morgan fingerprint density at radius 1 is 1.30 bits per heavy atom. The smallest absolute Gasteiger partial charge is 0.216 e. The zero-order valence-electron chi connectivity index (χ0n) is 12.4. The van der Waals surface area contributed by atoms with Crippen LogP contribution in [0.4, 0.5) is 5.82 Å². The molecule has 5 nitrogen and oxygen atoms in total. The molecule has 0 saturated heterocycles. The predicted octanol–water partition coefficient (Wildman–Crippen LogP) is 3.90. The zero-order chi connectivity index (χ0) is 14.9. The molecule has 0 aliphatic heterocycles. The molecule has 1 unspecified atom stereocenters. The molecule has 0 radical (unpaired) electrons. The molecule has 1 atom stereocenters.